The Bertz CT molecular complexity index is 1320. The summed E-state index contributed by atoms with van der Waals surface area (Å²) < 4.78 is 17.4. The van der Waals surface area contributed by atoms with E-state index in [1.165, 1.54) is 29.4 Å². The van der Waals surface area contributed by atoms with Crippen molar-refractivity contribution in [3.05, 3.63) is 60.4 Å². The molecular formula is C27H26N2O8. The number of anilines is 1. The average Bonchev–Trinajstić information content (AvgIpc) is 3.47. The molecule has 1 saturated carbocycles. The van der Waals surface area contributed by atoms with Gasteiger partial charge in [-0.05, 0) is 29.7 Å². The minimum Gasteiger partial charge on any atom is -0.461 e. The summed E-state index contributed by atoms with van der Waals surface area (Å²) in [6.07, 6.45) is -1.66. The van der Waals surface area contributed by atoms with Crippen LogP contribution in [0.2, 0.25) is 0 Å². The van der Waals surface area contributed by atoms with Gasteiger partial charge in [0.05, 0.1) is 29.5 Å². The van der Waals surface area contributed by atoms with Crippen molar-refractivity contribution in [2.24, 2.45) is 16.2 Å². The molecule has 3 aliphatic heterocycles. The first-order valence-corrected chi connectivity index (χ1v) is 12.1. The number of benzene rings is 1. The van der Waals surface area contributed by atoms with Gasteiger partial charge in [0.1, 0.15) is 16.9 Å². The van der Waals surface area contributed by atoms with Crippen molar-refractivity contribution >= 4 is 29.5 Å². The highest BCUT2D eigenvalue weighted by Gasteiger charge is 2.93. The second-order valence-electron chi connectivity index (χ2n) is 11.1. The number of ether oxygens (including phenoxy) is 3. The molecule has 1 aliphatic carbocycles. The predicted molar refractivity (Wildman–Crippen MR) is 126 cm³/mol. The SMILES string of the molecule is CC(C)(C)[C@]1(O)C[C@@H]2OC(=O)C[C@@]23C(=O)O[C@@H]2N(c4cccnc4)C(=O)[C@H](OC(=O)c4ccccc4)[C@]213. The molecule has 10 nitrogen and oxygen atoms in total. The number of aliphatic hydroxyl groups is 1. The lowest BCUT2D eigenvalue weighted by Crippen LogP contribution is -2.66. The molecule has 6 rings (SSSR count). The minimum atomic E-state index is -1.84. The van der Waals surface area contributed by atoms with Crippen LogP contribution >= 0.6 is 0 Å². The third-order valence-corrected chi connectivity index (χ3v) is 8.63. The zero-order valence-corrected chi connectivity index (χ0v) is 20.5. The van der Waals surface area contributed by atoms with Crippen LogP contribution in [0.25, 0.3) is 0 Å². The first-order chi connectivity index (χ1) is 17.5. The molecule has 0 bridgehead atoms. The molecule has 4 aliphatic rings. The molecule has 4 heterocycles. The second kappa shape index (κ2) is 7.38. The van der Waals surface area contributed by atoms with Crippen LogP contribution in [0.1, 0.15) is 44.0 Å². The minimum absolute atomic E-state index is 0.124. The zero-order valence-electron chi connectivity index (χ0n) is 20.5. The van der Waals surface area contributed by atoms with Crippen molar-refractivity contribution < 1.29 is 38.5 Å². The fourth-order valence-corrected chi connectivity index (χ4v) is 7.03. The third kappa shape index (κ3) is 2.66. The van der Waals surface area contributed by atoms with Crippen molar-refractivity contribution in [3.63, 3.8) is 0 Å². The maximum atomic E-state index is 14.2. The monoisotopic (exact) mass is 506 g/mol. The molecule has 0 unspecified atom stereocenters. The van der Waals surface area contributed by atoms with Crippen LogP contribution in [0.4, 0.5) is 5.69 Å². The average molecular weight is 507 g/mol. The second-order valence-corrected chi connectivity index (χ2v) is 11.1. The van der Waals surface area contributed by atoms with Gasteiger partial charge in [0.25, 0.3) is 5.91 Å². The highest BCUT2D eigenvalue weighted by atomic mass is 16.6. The van der Waals surface area contributed by atoms with Gasteiger partial charge in [-0.1, -0.05) is 39.0 Å². The van der Waals surface area contributed by atoms with Crippen LogP contribution in [-0.4, -0.2) is 57.9 Å². The standard InChI is InChI=1S/C27H26N2O8/c1-24(2,3)26(34)12-17-25(13-18(30)35-17)23(33)37-22-27(25,26)19(36-21(32)15-8-5-4-6-9-15)20(31)29(22)16-10-7-11-28-14-16/h4-11,14,17,19,22,34H,12-13H2,1-3H3/t17-,19-,22-,25-,26+,27+/m0/s1. The largest absolute Gasteiger partial charge is 0.461 e. The number of nitrogens with zero attached hydrogens (tertiary/aromatic N) is 2. The van der Waals surface area contributed by atoms with Crippen LogP contribution in [0, 0.1) is 16.2 Å². The molecule has 2 spiro atoms. The number of pyridine rings is 1. The molecule has 2 aromatic rings. The first kappa shape index (κ1) is 23.6. The zero-order chi connectivity index (χ0) is 26.4. The van der Waals surface area contributed by atoms with E-state index in [2.05, 4.69) is 4.98 Å². The van der Waals surface area contributed by atoms with Gasteiger partial charge >= 0.3 is 17.9 Å². The summed E-state index contributed by atoms with van der Waals surface area (Å²) in [5.41, 5.74) is -5.86. The number of hydrogen-bond acceptors (Lipinski definition) is 9. The lowest BCUT2D eigenvalue weighted by molar-refractivity contribution is -0.204. The Hall–Kier alpha value is -3.79. The number of aromatic nitrogens is 1. The number of carbonyl (C=O) groups excluding carboxylic acids is 4. The van der Waals surface area contributed by atoms with Gasteiger partial charge in [0.2, 0.25) is 0 Å². The molecule has 192 valence electrons. The Morgan fingerprint density at radius 1 is 1.11 bits per heavy atom. The van der Waals surface area contributed by atoms with E-state index >= 15 is 0 Å². The van der Waals surface area contributed by atoms with Crippen LogP contribution in [0.15, 0.2) is 54.9 Å². The fourth-order valence-electron chi connectivity index (χ4n) is 7.03. The van der Waals surface area contributed by atoms with Crippen LogP contribution in [0.5, 0.6) is 0 Å². The van der Waals surface area contributed by atoms with E-state index in [4.69, 9.17) is 14.2 Å². The van der Waals surface area contributed by atoms with E-state index in [1.807, 2.05) is 0 Å². The summed E-state index contributed by atoms with van der Waals surface area (Å²) in [4.78, 5) is 59.3. The molecule has 4 fully saturated rings. The van der Waals surface area contributed by atoms with Crippen molar-refractivity contribution in [2.75, 3.05) is 4.90 Å². The van der Waals surface area contributed by atoms with Crippen LogP contribution in [-0.2, 0) is 28.6 Å². The number of esters is 3. The van der Waals surface area contributed by atoms with Crippen molar-refractivity contribution in [3.8, 4) is 0 Å². The quantitative estimate of drug-likeness (QED) is 0.490. The predicted octanol–water partition coefficient (Wildman–Crippen LogP) is 2.01. The van der Waals surface area contributed by atoms with Crippen molar-refractivity contribution in [1.29, 1.82) is 0 Å². The van der Waals surface area contributed by atoms with E-state index < -0.39 is 70.5 Å². The van der Waals surface area contributed by atoms with Gasteiger partial charge in [0.15, 0.2) is 12.3 Å². The lowest BCUT2D eigenvalue weighted by atomic mass is 9.52. The smallest absolute Gasteiger partial charge is 0.338 e. The summed E-state index contributed by atoms with van der Waals surface area (Å²) in [5, 5.41) is 12.6. The maximum Gasteiger partial charge on any atom is 0.338 e. The normalized spacial score (nSPS) is 36.1. The van der Waals surface area contributed by atoms with Gasteiger partial charge in [-0.25, -0.2) is 4.79 Å². The van der Waals surface area contributed by atoms with Gasteiger partial charge in [-0.2, -0.15) is 0 Å². The summed E-state index contributed by atoms with van der Waals surface area (Å²) in [5.74, 6) is -2.90. The van der Waals surface area contributed by atoms with E-state index in [0.717, 1.165) is 0 Å². The molecule has 1 amide bonds. The van der Waals surface area contributed by atoms with E-state index in [1.54, 1.807) is 51.1 Å². The highest BCUT2D eigenvalue weighted by Crippen LogP contribution is 2.76. The van der Waals surface area contributed by atoms with Crippen molar-refractivity contribution in [2.45, 2.75) is 57.6 Å². The van der Waals surface area contributed by atoms with Gasteiger partial charge in [0, 0.05) is 12.6 Å². The Morgan fingerprint density at radius 2 is 1.84 bits per heavy atom. The van der Waals surface area contributed by atoms with E-state index in [0.29, 0.717) is 5.69 Å². The maximum absolute atomic E-state index is 14.2. The van der Waals surface area contributed by atoms with Crippen LogP contribution < -0.4 is 4.90 Å². The molecule has 3 saturated heterocycles. The number of carbonyl (C=O) groups is 4. The molecule has 1 N–H and O–H groups in total. The van der Waals surface area contributed by atoms with E-state index in [9.17, 15) is 24.3 Å². The fraction of sp³-hybridized carbons (Fsp3) is 0.444. The van der Waals surface area contributed by atoms with Crippen LogP contribution in [0.3, 0.4) is 0 Å². The highest BCUT2D eigenvalue weighted by molar-refractivity contribution is 6.07. The Morgan fingerprint density at radius 3 is 2.49 bits per heavy atom. The molecule has 37 heavy (non-hydrogen) atoms. The summed E-state index contributed by atoms with van der Waals surface area (Å²) in [6.45, 7) is 5.31. The summed E-state index contributed by atoms with van der Waals surface area (Å²) >= 11 is 0. The molecular weight excluding hydrogens is 480 g/mol. The molecule has 1 aromatic carbocycles. The summed E-state index contributed by atoms with van der Waals surface area (Å²) in [6, 6.07) is 11.3. The molecule has 0 radical (unpaired) electrons. The van der Waals surface area contributed by atoms with Gasteiger partial charge in [-0.15, -0.1) is 0 Å². The summed E-state index contributed by atoms with van der Waals surface area (Å²) in [7, 11) is 0. The number of hydrogen-bond donors (Lipinski definition) is 1. The Balaban J connectivity index is 1.62. The van der Waals surface area contributed by atoms with Gasteiger partial charge < -0.3 is 19.3 Å². The molecule has 6 atom stereocenters. The van der Waals surface area contributed by atoms with Crippen molar-refractivity contribution in [1.82, 2.24) is 4.98 Å². The van der Waals surface area contributed by atoms with Gasteiger partial charge in [-0.3, -0.25) is 24.3 Å². The Kier molecular flexibility index (Phi) is 4.71. The lowest BCUT2D eigenvalue weighted by Gasteiger charge is -2.51. The third-order valence-electron chi connectivity index (χ3n) is 8.63. The first-order valence-electron chi connectivity index (χ1n) is 12.1. The molecule has 10 heteroatoms. The number of amides is 1. The Labute approximate surface area is 212 Å². The van der Waals surface area contributed by atoms with E-state index in [-0.39, 0.29) is 12.0 Å². The topological polar surface area (TPSA) is 132 Å². The molecule has 1 aromatic heterocycles. The number of rotatable bonds is 3.